The van der Waals surface area contributed by atoms with Crippen LogP contribution in [0.1, 0.15) is 38.0 Å². The molecule has 2 heterocycles. The minimum Gasteiger partial charge on any atom is -0.356 e. The van der Waals surface area contributed by atoms with E-state index in [4.69, 9.17) is 4.52 Å². The van der Waals surface area contributed by atoms with Crippen molar-refractivity contribution >= 4 is 21.4 Å². The van der Waals surface area contributed by atoms with Gasteiger partial charge in [0, 0.05) is 18.6 Å². The molecule has 0 aliphatic carbocycles. The Morgan fingerprint density at radius 3 is 2.76 bits per heavy atom. The van der Waals surface area contributed by atoms with Gasteiger partial charge in [-0.3, -0.25) is 9.59 Å². The van der Waals surface area contributed by atoms with E-state index in [0.29, 0.717) is 6.42 Å². The predicted octanol–water partition coefficient (Wildman–Crippen LogP) is 0.323. The molecule has 0 saturated carbocycles. The number of rotatable bonds is 8. The molecule has 0 aliphatic heterocycles. The number of hydrogen-bond donors (Lipinski definition) is 1. The second-order valence-electron chi connectivity index (χ2n) is 5.55. The molecule has 0 aliphatic rings. The topological polar surface area (TPSA) is 137 Å². The van der Waals surface area contributed by atoms with E-state index in [2.05, 4.69) is 20.4 Å². The van der Waals surface area contributed by atoms with Crippen molar-refractivity contribution in [1.29, 1.82) is 0 Å². The molecule has 2 rings (SSSR count). The number of anilines is 1. The fraction of sp³-hybridized carbons (Fsp3) is 0.500. The SMILES string of the molecule is CCC(C(C)=O)n1ccnc(NCc2nc(CS(C)(=O)=O)no2)c1=O. The Morgan fingerprint density at radius 1 is 1.44 bits per heavy atom. The van der Waals surface area contributed by atoms with Crippen molar-refractivity contribution in [3.05, 3.63) is 34.5 Å². The lowest BCUT2D eigenvalue weighted by molar-refractivity contribution is -0.120. The Balaban J connectivity index is 2.14. The van der Waals surface area contributed by atoms with Gasteiger partial charge in [0.2, 0.25) is 5.89 Å². The van der Waals surface area contributed by atoms with Crippen LogP contribution in [0.5, 0.6) is 0 Å². The standard InChI is InChI=1S/C14H19N5O5S/c1-4-10(9(2)20)19-6-5-15-13(14(19)21)16-7-12-17-11(18-24-12)8-25(3,22)23/h5-6,10H,4,7-8H2,1-3H3,(H,15,16). The summed E-state index contributed by atoms with van der Waals surface area (Å²) in [7, 11) is -3.27. The molecule has 2 aromatic heterocycles. The average Bonchev–Trinajstić information content (AvgIpc) is 2.93. The summed E-state index contributed by atoms with van der Waals surface area (Å²) in [6, 6.07) is -0.555. The van der Waals surface area contributed by atoms with Gasteiger partial charge in [0.25, 0.3) is 5.56 Å². The fourth-order valence-corrected chi connectivity index (χ4v) is 2.87. The van der Waals surface area contributed by atoms with Gasteiger partial charge in [-0.1, -0.05) is 12.1 Å². The molecular weight excluding hydrogens is 350 g/mol. The summed E-state index contributed by atoms with van der Waals surface area (Å²) in [5, 5.41) is 6.33. The molecule has 10 nitrogen and oxygen atoms in total. The Kier molecular flexibility index (Phi) is 5.67. The van der Waals surface area contributed by atoms with Gasteiger partial charge >= 0.3 is 0 Å². The van der Waals surface area contributed by atoms with Crippen molar-refractivity contribution in [2.75, 3.05) is 11.6 Å². The van der Waals surface area contributed by atoms with Gasteiger partial charge in [-0.15, -0.1) is 0 Å². The van der Waals surface area contributed by atoms with E-state index < -0.39 is 21.4 Å². The highest BCUT2D eigenvalue weighted by atomic mass is 32.2. The van der Waals surface area contributed by atoms with Gasteiger partial charge in [-0.05, 0) is 13.3 Å². The first-order valence-electron chi connectivity index (χ1n) is 7.52. The van der Waals surface area contributed by atoms with Crippen LogP contribution in [-0.4, -0.2) is 40.1 Å². The molecule has 0 bridgehead atoms. The van der Waals surface area contributed by atoms with Crippen LogP contribution in [0.2, 0.25) is 0 Å². The zero-order chi connectivity index (χ0) is 18.6. The molecule has 0 radical (unpaired) electrons. The van der Waals surface area contributed by atoms with E-state index in [1.807, 2.05) is 6.92 Å². The lowest BCUT2D eigenvalue weighted by Gasteiger charge is -2.15. The maximum atomic E-state index is 12.4. The van der Waals surface area contributed by atoms with Crippen LogP contribution in [0, 0.1) is 0 Å². The largest absolute Gasteiger partial charge is 0.356 e. The number of sulfone groups is 1. The zero-order valence-corrected chi connectivity index (χ0v) is 14.9. The molecule has 25 heavy (non-hydrogen) atoms. The number of Topliss-reactive ketones (excluding diaryl/α,β-unsaturated/α-hetero) is 1. The van der Waals surface area contributed by atoms with E-state index >= 15 is 0 Å². The van der Waals surface area contributed by atoms with Crippen molar-refractivity contribution in [2.24, 2.45) is 0 Å². The van der Waals surface area contributed by atoms with E-state index in [-0.39, 0.29) is 35.6 Å². The van der Waals surface area contributed by atoms with Crippen LogP contribution >= 0.6 is 0 Å². The third kappa shape index (κ3) is 4.95. The fourth-order valence-electron chi connectivity index (χ4n) is 2.29. The maximum Gasteiger partial charge on any atom is 0.293 e. The molecule has 2 aromatic rings. The highest BCUT2D eigenvalue weighted by molar-refractivity contribution is 7.89. The molecule has 11 heteroatoms. The number of aromatic nitrogens is 4. The minimum absolute atomic E-state index is 0.000121. The number of carbonyl (C=O) groups excluding carboxylic acids is 1. The Hall–Kier alpha value is -2.56. The second kappa shape index (κ2) is 7.55. The van der Waals surface area contributed by atoms with Crippen molar-refractivity contribution in [1.82, 2.24) is 19.7 Å². The van der Waals surface area contributed by atoms with Gasteiger partial charge in [0.1, 0.15) is 5.75 Å². The monoisotopic (exact) mass is 369 g/mol. The van der Waals surface area contributed by atoms with E-state index in [9.17, 15) is 18.0 Å². The highest BCUT2D eigenvalue weighted by Gasteiger charge is 2.18. The van der Waals surface area contributed by atoms with E-state index in [1.165, 1.54) is 23.9 Å². The molecule has 0 saturated heterocycles. The maximum absolute atomic E-state index is 12.4. The van der Waals surface area contributed by atoms with Crippen LogP contribution < -0.4 is 10.9 Å². The first kappa shape index (κ1) is 18.8. The van der Waals surface area contributed by atoms with Gasteiger partial charge in [-0.2, -0.15) is 4.98 Å². The summed E-state index contributed by atoms with van der Waals surface area (Å²) in [6.07, 6.45) is 4.42. The van der Waals surface area contributed by atoms with Crippen molar-refractivity contribution in [3.8, 4) is 0 Å². The normalized spacial score (nSPS) is 12.8. The Labute approximate surface area is 144 Å². The molecule has 0 amide bonds. The summed E-state index contributed by atoms with van der Waals surface area (Å²) < 4.78 is 28.6. The van der Waals surface area contributed by atoms with Gasteiger partial charge in [0.15, 0.2) is 27.3 Å². The summed E-state index contributed by atoms with van der Waals surface area (Å²) in [6.45, 7) is 3.24. The first-order chi connectivity index (χ1) is 11.7. The smallest absolute Gasteiger partial charge is 0.293 e. The number of nitrogens with zero attached hydrogens (tertiary/aromatic N) is 4. The average molecular weight is 369 g/mol. The third-order valence-corrected chi connectivity index (χ3v) is 4.15. The summed E-state index contributed by atoms with van der Waals surface area (Å²) in [4.78, 5) is 32.0. The van der Waals surface area contributed by atoms with E-state index in [1.54, 1.807) is 0 Å². The predicted molar refractivity (Wildman–Crippen MR) is 88.7 cm³/mol. The van der Waals surface area contributed by atoms with Crippen molar-refractivity contribution in [3.63, 3.8) is 0 Å². The van der Waals surface area contributed by atoms with Crippen LogP contribution in [0.15, 0.2) is 21.7 Å². The molecule has 0 spiro atoms. The quantitative estimate of drug-likeness (QED) is 0.697. The zero-order valence-electron chi connectivity index (χ0n) is 14.1. The van der Waals surface area contributed by atoms with Crippen LogP contribution in [0.3, 0.4) is 0 Å². The highest BCUT2D eigenvalue weighted by Crippen LogP contribution is 2.10. The molecule has 0 aromatic carbocycles. The summed E-state index contributed by atoms with van der Waals surface area (Å²) in [5.74, 6) is -0.257. The van der Waals surface area contributed by atoms with Crippen LogP contribution in [-0.2, 0) is 26.9 Å². The van der Waals surface area contributed by atoms with Gasteiger partial charge in [0.05, 0.1) is 12.6 Å². The van der Waals surface area contributed by atoms with Gasteiger partial charge < -0.3 is 14.4 Å². The number of hydrogen-bond acceptors (Lipinski definition) is 9. The summed E-state index contributed by atoms with van der Waals surface area (Å²) in [5.41, 5.74) is -0.444. The molecule has 1 atom stereocenters. The third-order valence-electron chi connectivity index (χ3n) is 3.37. The first-order valence-corrected chi connectivity index (χ1v) is 9.58. The van der Waals surface area contributed by atoms with Crippen molar-refractivity contribution in [2.45, 2.75) is 38.6 Å². The minimum atomic E-state index is -3.27. The molecule has 1 N–H and O–H groups in total. The molecule has 1 unspecified atom stereocenters. The number of ketones is 1. The van der Waals surface area contributed by atoms with Crippen LogP contribution in [0.4, 0.5) is 5.82 Å². The van der Waals surface area contributed by atoms with E-state index in [0.717, 1.165) is 6.26 Å². The molecular formula is C14H19N5O5S. The second-order valence-corrected chi connectivity index (χ2v) is 7.69. The summed E-state index contributed by atoms with van der Waals surface area (Å²) >= 11 is 0. The van der Waals surface area contributed by atoms with Gasteiger partial charge in [-0.25, -0.2) is 13.4 Å². The Morgan fingerprint density at radius 2 is 2.16 bits per heavy atom. The lowest BCUT2D eigenvalue weighted by atomic mass is 10.1. The van der Waals surface area contributed by atoms with Crippen molar-refractivity contribution < 1.29 is 17.7 Å². The number of nitrogens with one attached hydrogen (secondary N) is 1. The van der Waals surface area contributed by atoms with Crippen LogP contribution in [0.25, 0.3) is 0 Å². The lowest BCUT2D eigenvalue weighted by Crippen LogP contribution is -2.30. The Bertz CT molecular complexity index is 918. The number of carbonyl (C=O) groups is 1. The molecule has 136 valence electrons. The molecule has 0 fully saturated rings.